The molecule has 1 amide bonds. The molecule has 0 aliphatic carbocycles. The maximum atomic E-state index is 14.0. The quantitative estimate of drug-likeness (QED) is 0.569. The van der Waals surface area contributed by atoms with Gasteiger partial charge in [-0.15, -0.1) is 10.2 Å². The van der Waals surface area contributed by atoms with Crippen LogP contribution in [0.15, 0.2) is 29.4 Å². The molecule has 0 radical (unpaired) electrons. The Morgan fingerprint density at radius 3 is 2.72 bits per heavy atom. The number of rotatable bonds is 6. The van der Waals surface area contributed by atoms with Crippen molar-refractivity contribution in [3.05, 3.63) is 30.1 Å². The molecule has 4 rings (SSSR count). The van der Waals surface area contributed by atoms with E-state index in [9.17, 15) is 17.6 Å². The zero-order chi connectivity index (χ0) is 22.9. The molecule has 12 heteroatoms. The summed E-state index contributed by atoms with van der Waals surface area (Å²) >= 11 is 1.22. The topological polar surface area (TPSA) is 97.6 Å². The molecular formula is C20H26FN5O4S2. The van der Waals surface area contributed by atoms with Crippen molar-refractivity contribution in [2.24, 2.45) is 0 Å². The van der Waals surface area contributed by atoms with Gasteiger partial charge in [-0.2, -0.15) is 0 Å². The largest absolute Gasteiger partial charge is 0.378 e. The van der Waals surface area contributed by atoms with E-state index in [2.05, 4.69) is 10.2 Å². The number of carbonyl (C=O) groups excluding carboxylic acids is 1. The summed E-state index contributed by atoms with van der Waals surface area (Å²) in [7, 11) is -1.45. The van der Waals surface area contributed by atoms with E-state index in [1.165, 1.54) is 28.8 Å². The smallest absolute Gasteiger partial charge is 0.235 e. The zero-order valence-electron chi connectivity index (χ0n) is 18.0. The Balaban J connectivity index is 1.59. The molecule has 1 aromatic heterocycles. The number of amides is 1. The normalized spacial score (nSPS) is 21.5. The minimum Gasteiger partial charge on any atom is -0.378 e. The summed E-state index contributed by atoms with van der Waals surface area (Å²) in [5.41, 5.74) is 0.564. The molecule has 0 N–H and O–H groups in total. The fourth-order valence-electron chi connectivity index (χ4n) is 3.90. The standard InChI is InChI=1S/C20H26FN5O4S2/c1-14(18(27)24(2)17-6-11-32(28,29)13-17)31-20-23-22-19(25-7-9-30-10-8-25)26(20)16-5-3-4-15(21)12-16/h3-5,12,14,17H,6-11,13H2,1-2H3. The van der Waals surface area contributed by atoms with Gasteiger partial charge in [0.15, 0.2) is 15.0 Å². The van der Waals surface area contributed by atoms with Crippen LogP contribution < -0.4 is 4.90 Å². The molecule has 0 saturated carbocycles. The van der Waals surface area contributed by atoms with E-state index < -0.39 is 15.1 Å². The molecule has 2 aromatic rings. The van der Waals surface area contributed by atoms with Crippen LogP contribution in [-0.4, -0.2) is 90.1 Å². The summed E-state index contributed by atoms with van der Waals surface area (Å²) in [6.45, 7) is 4.13. The molecule has 0 bridgehead atoms. The highest BCUT2D eigenvalue weighted by atomic mass is 32.2. The van der Waals surface area contributed by atoms with Crippen molar-refractivity contribution in [1.82, 2.24) is 19.7 Å². The summed E-state index contributed by atoms with van der Waals surface area (Å²) < 4.78 is 44.8. The summed E-state index contributed by atoms with van der Waals surface area (Å²) in [5.74, 6) is 0.0995. The number of anilines is 1. The third kappa shape index (κ3) is 4.91. The summed E-state index contributed by atoms with van der Waals surface area (Å²) in [4.78, 5) is 16.6. The van der Waals surface area contributed by atoms with Gasteiger partial charge >= 0.3 is 0 Å². The highest BCUT2D eigenvalue weighted by Gasteiger charge is 2.35. The molecule has 174 valence electrons. The van der Waals surface area contributed by atoms with Crippen molar-refractivity contribution < 1.29 is 22.3 Å². The first-order valence-electron chi connectivity index (χ1n) is 10.4. The molecule has 0 spiro atoms. The molecule has 2 aliphatic rings. The van der Waals surface area contributed by atoms with E-state index >= 15 is 0 Å². The molecular weight excluding hydrogens is 457 g/mol. The van der Waals surface area contributed by atoms with Gasteiger partial charge in [-0.05, 0) is 31.5 Å². The molecule has 2 saturated heterocycles. The van der Waals surface area contributed by atoms with Gasteiger partial charge in [-0.25, -0.2) is 12.8 Å². The van der Waals surface area contributed by atoms with Crippen molar-refractivity contribution in [3.63, 3.8) is 0 Å². The predicted octanol–water partition coefficient (Wildman–Crippen LogP) is 1.37. The lowest BCUT2D eigenvalue weighted by atomic mass is 10.2. The fraction of sp³-hybridized carbons (Fsp3) is 0.550. The van der Waals surface area contributed by atoms with Gasteiger partial charge in [0, 0.05) is 26.2 Å². The van der Waals surface area contributed by atoms with Crippen LogP contribution in [-0.2, 0) is 19.4 Å². The first-order valence-corrected chi connectivity index (χ1v) is 13.1. The third-order valence-corrected chi connectivity index (χ3v) is 8.49. The Labute approximate surface area is 190 Å². The molecule has 2 aliphatic heterocycles. The molecule has 32 heavy (non-hydrogen) atoms. The number of thioether (sulfide) groups is 1. The van der Waals surface area contributed by atoms with E-state index in [4.69, 9.17) is 4.74 Å². The Morgan fingerprint density at radius 1 is 1.31 bits per heavy atom. The van der Waals surface area contributed by atoms with E-state index in [0.717, 1.165) is 0 Å². The number of nitrogens with zero attached hydrogens (tertiary/aromatic N) is 5. The van der Waals surface area contributed by atoms with Crippen LogP contribution in [0.4, 0.5) is 10.3 Å². The van der Waals surface area contributed by atoms with Crippen LogP contribution in [0.3, 0.4) is 0 Å². The van der Waals surface area contributed by atoms with Crippen LogP contribution in [0.2, 0.25) is 0 Å². The van der Waals surface area contributed by atoms with Gasteiger partial charge in [0.1, 0.15) is 5.82 Å². The predicted molar refractivity (Wildman–Crippen MR) is 119 cm³/mol. The molecule has 2 atom stereocenters. The third-order valence-electron chi connectivity index (χ3n) is 5.71. The van der Waals surface area contributed by atoms with E-state index in [0.29, 0.717) is 49.5 Å². The van der Waals surface area contributed by atoms with Crippen molar-refractivity contribution in [3.8, 4) is 5.69 Å². The van der Waals surface area contributed by atoms with Crippen LogP contribution in [0.25, 0.3) is 5.69 Å². The van der Waals surface area contributed by atoms with Crippen LogP contribution >= 0.6 is 11.8 Å². The minimum atomic E-state index is -3.09. The highest BCUT2D eigenvalue weighted by molar-refractivity contribution is 8.00. The van der Waals surface area contributed by atoms with Gasteiger partial charge in [0.05, 0.1) is 35.7 Å². The van der Waals surface area contributed by atoms with E-state index in [1.807, 2.05) is 4.90 Å². The lowest BCUT2D eigenvalue weighted by Crippen LogP contribution is -2.41. The van der Waals surface area contributed by atoms with Crippen LogP contribution in [0, 0.1) is 5.82 Å². The second-order valence-corrected chi connectivity index (χ2v) is 11.5. The number of halogens is 1. The van der Waals surface area contributed by atoms with Gasteiger partial charge in [0.25, 0.3) is 0 Å². The second kappa shape index (κ2) is 9.36. The Bertz CT molecular complexity index is 1090. The Kier molecular flexibility index (Phi) is 6.72. The number of aromatic nitrogens is 3. The van der Waals surface area contributed by atoms with Crippen molar-refractivity contribution in [2.45, 2.75) is 29.8 Å². The number of hydrogen-bond acceptors (Lipinski definition) is 8. The molecule has 2 unspecified atom stereocenters. The number of benzene rings is 1. The summed E-state index contributed by atoms with van der Waals surface area (Å²) in [5, 5.41) is 8.57. The molecule has 1 aromatic carbocycles. The maximum absolute atomic E-state index is 14.0. The number of ether oxygens (including phenoxy) is 1. The molecule has 3 heterocycles. The first kappa shape index (κ1) is 23.0. The van der Waals surface area contributed by atoms with Crippen molar-refractivity contribution >= 4 is 33.5 Å². The zero-order valence-corrected chi connectivity index (χ0v) is 19.6. The summed E-state index contributed by atoms with van der Waals surface area (Å²) in [6, 6.07) is 5.83. The van der Waals surface area contributed by atoms with Crippen molar-refractivity contribution in [1.29, 1.82) is 0 Å². The van der Waals surface area contributed by atoms with E-state index in [-0.39, 0.29) is 29.3 Å². The summed E-state index contributed by atoms with van der Waals surface area (Å²) in [6.07, 6.45) is 0.447. The lowest BCUT2D eigenvalue weighted by Gasteiger charge is -2.28. The Morgan fingerprint density at radius 2 is 2.06 bits per heavy atom. The minimum absolute atomic E-state index is 0.00667. The number of sulfone groups is 1. The van der Waals surface area contributed by atoms with E-state index in [1.54, 1.807) is 30.7 Å². The monoisotopic (exact) mass is 483 g/mol. The lowest BCUT2D eigenvalue weighted by molar-refractivity contribution is -0.130. The van der Waals surface area contributed by atoms with Gasteiger partial charge in [0.2, 0.25) is 11.9 Å². The van der Waals surface area contributed by atoms with Crippen LogP contribution in [0.1, 0.15) is 13.3 Å². The second-order valence-electron chi connectivity index (χ2n) is 7.96. The molecule has 9 nitrogen and oxygen atoms in total. The molecule has 2 fully saturated rings. The van der Waals surface area contributed by atoms with Crippen LogP contribution in [0.5, 0.6) is 0 Å². The average Bonchev–Trinajstić information content (AvgIpc) is 3.36. The number of hydrogen-bond donors (Lipinski definition) is 0. The van der Waals surface area contributed by atoms with Gasteiger partial charge in [-0.3, -0.25) is 9.36 Å². The highest BCUT2D eigenvalue weighted by Crippen LogP contribution is 2.31. The average molecular weight is 484 g/mol. The Hall–Kier alpha value is -2.18. The number of morpholine rings is 1. The first-order chi connectivity index (χ1) is 15.2. The van der Waals surface area contributed by atoms with Gasteiger partial charge < -0.3 is 14.5 Å². The van der Waals surface area contributed by atoms with Gasteiger partial charge in [-0.1, -0.05) is 17.8 Å². The van der Waals surface area contributed by atoms with Crippen molar-refractivity contribution in [2.75, 3.05) is 49.8 Å². The number of carbonyl (C=O) groups is 1. The maximum Gasteiger partial charge on any atom is 0.235 e. The SMILES string of the molecule is CC(Sc1nnc(N2CCOCC2)n1-c1cccc(F)c1)C(=O)N(C)C1CCS(=O)(=O)C1. The fourth-order valence-corrected chi connectivity index (χ4v) is 6.64.